The summed E-state index contributed by atoms with van der Waals surface area (Å²) in [5, 5.41) is 0. The summed E-state index contributed by atoms with van der Waals surface area (Å²) in [6, 6.07) is 22.4. The smallest absolute Gasteiger partial charge is 0.339 e. The second-order valence-corrected chi connectivity index (χ2v) is 12.2. The van der Waals surface area contributed by atoms with E-state index >= 15 is 0 Å². The first-order valence-corrected chi connectivity index (χ1v) is 15.4. The SMILES string of the molecule is CCC(c1ccc(OS(=O)(=O)c2ccc(F)cc2)cc1)C(CC)c1ccc(OS(=O)(=O)c2ccc(F)cc2)cc1. The highest BCUT2D eigenvalue weighted by Gasteiger charge is 2.24. The maximum Gasteiger partial charge on any atom is 0.339 e. The summed E-state index contributed by atoms with van der Waals surface area (Å²) in [5.74, 6) is -0.641. The third-order valence-electron chi connectivity index (χ3n) is 6.60. The predicted octanol–water partition coefficient (Wildman–Crippen LogP) is 7.19. The van der Waals surface area contributed by atoms with Crippen LogP contribution in [0.2, 0.25) is 0 Å². The molecule has 210 valence electrons. The van der Waals surface area contributed by atoms with Gasteiger partial charge in [-0.3, -0.25) is 0 Å². The van der Waals surface area contributed by atoms with Gasteiger partial charge in [0.05, 0.1) is 0 Å². The summed E-state index contributed by atoms with van der Waals surface area (Å²) >= 11 is 0. The summed E-state index contributed by atoms with van der Waals surface area (Å²) in [6.07, 6.45) is 1.59. The molecule has 4 rings (SSSR count). The number of rotatable bonds is 11. The third kappa shape index (κ3) is 6.86. The summed E-state index contributed by atoms with van der Waals surface area (Å²) < 4.78 is 86.9. The van der Waals surface area contributed by atoms with Crippen molar-refractivity contribution in [1.82, 2.24) is 0 Å². The van der Waals surface area contributed by atoms with Crippen molar-refractivity contribution in [3.63, 3.8) is 0 Å². The summed E-state index contributed by atoms with van der Waals surface area (Å²) in [7, 11) is -8.22. The quantitative estimate of drug-likeness (QED) is 0.173. The fourth-order valence-corrected chi connectivity index (χ4v) is 6.46. The van der Waals surface area contributed by atoms with Crippen LogP contribution in [0.15, 0.2) is 107 Å². The Balaban J connectivity index is 1.48. The van der Waals surface area contributed by atoms with Gasteiger partial charge in [0.25, 0.3) is 0 Å². The van der Waals surface area contributed by atoms with Gasteiger partial charge in [-0.15, -0.1) is 0 Å². The topological polar surface area (TPSA) is 86.7 Å². The number of hydrogen-bond acceptors (Lipinski definition) is 6. The first-order valence-electron chi connectivity index (χ1n) is 12.6. The summed E-state index contributed by atoms with van der Waals surface area (Å²) in [4.78, 5) is -0.290. The molecule has 4 aromatic rings. The Morgan fingerprint density at radius 1 is 0.525 bits per heavy atom. The lowest BCUT2D eigenvalue weighted by molar-refractivity contribution is 0.481. The van der Waals surface area contributed by atoms with Crippen molar-refractivity contribution in [2.75, 3.05) is 0 Å². The minimum atomic E-state index is -4.11. The van der Waals surface area contributed by atoms with E-state index in [0.717, 1.165) is 72.5 Å². The van der Waals surface area contributed by atoms with E-state index < -0.39 is 31.9 Å². The van der Waals surface area contributed by atoms with Gasteiger partial charge < -0.3 is 8.37 Å². The van der Waals surface area contributed by atoms with Gasteiger partial charge in [-0.05, 0) is 109 Å². The Labute approximate surface area is 233 Å². The molecule has 0 saturated carbocycles. The second-order valence-electron chi connectivity index (χ2n) is 9.15. The lowest BCUT2D eigenvalue weighted by Gasteiger charge is -2.26. The zero-order valence-electron chi connectivity index (χ0n) is 21.8. The van der Waals surface area contributed by atoms with Crippen LogP contribution in [-0.2, 0) is 20.2 Å². The fourth-order valence-electron chi connectivity index (χ4n) is 4.60. The van der Waals surface area contributed by atoms with Crippen molar-refractivity contribution in [3.05, 3.63) is 120 Å². The molecule has 4 aromatic carbocycles. The van der Waals surface area contributed by atoms with E-state index in [1.54, 1.807) is 24.3 Å². The molecule has 2 atom stereocenters. The average Bonchev–Trinajstić information content (AvgIpc) is 2.93. The number of hydrogen-bond donors (Lipinski definition) is 0. The molecule has 0 fully saturated rings. The van der Waals surface area contributed by atoms with Crippen molar-refractivity contribution in [2.24, 2.45) is 0 Å². The van der Waals surface area contributed by atoms with Gasteiger partial charge in [-0.1, -0.05) is 38.1 Å². The Kier molecular flexibility index (Phi) is 8.90. The first-order chi connectivity index (χ1) is 19.0. The zero-order chi connectivity index (χ0) is 28.9. The van der Waals surface area contributed by atoms with Crippen LogP contribution in [-0.4, -0.2) is 16.8 Å². The molecule has 0 aromatic heterocycles. The normalized spacial score (nSPS) is 13.4. The van der Waals surface area contributed by atoms with Crippen LogP contribution in [0.4, 0.5) is 8.78 Å². The molecule has 10 heteroatoms. The molecule has 0 N–H and O–H groups in total. The number of benzene rings is 4. The van der Waals surface area contributed by atoms with Crippen molar-refractivity contribution in [3.8, 4) is 11.5 Å². The van der Waals surface area contributed by atoms with Crippen LogP contribution in [0, 0.1) is 11.6 Å². The Hall–Kier alpha value is -3.76. The van der Waals surface area contributed by atoms with Gasteiger partial charge in [0.2, 0.25) is 0 Å². The van der Waals surface area contributed by atoms with Crippen LogP contribution in [0.25, 0.3) is 0 Å². The van der Waals surface area contributed by atoms with Gasteiger partial charge in [-0.2, -0.15) is 16.8 Å². The molecule has 0 aliphatic carbocycles. The van der Waals surface area contributed by atoms with Gasteiger partial charge >= 0.3 is 20.2 Å². The Morgan fingerprint density at radius 3 is 1.10 bits per heavy atom. The van der Waals surface area contributed by atoms with Crippen molar-refractivity contribution >= 4 is 20.2 Å². The molecule has 2 unspecified atom stereocenters. The molecule has 0 radical (unpaired) electrons. The Morgan fingerprint density at radius 2 is 0.825 bits per heavy atom. The minimum absolute atomic E-state index is 0.0856. The standard InChI is InChI=1S/C30H28F2O6S2/c1-3-29(21-5-13-25(14-6-21)37-39(33,34)27-17-9-23(31)10-18-27)30(4-2)22-7-15-26(16-8-22)38-40(35,36)28-19-11-24(32)12-20-28/h5-20,29-30H,3-4H2,1-2H3. The molecule has 0 bridgehead atoms. The summed E-state index contributed by atoms with van der Waals surface area (Å²) in [6.45, 7) is 4.12. The molecule has 0 spiro atoms. The van der Waals surface area contributed by atoms with E-state index in [9.17, 15) is 25.6 Å². The average molecular weight is 587 g/mol. The molecule has 40 heavy (non-hydrogen) atoms. The largest absolute Gasteiger partial charge is 0.379 e. The fraction of sp³-hybridized carbons (Fsp3) is 0.200. The highest BCUT2D eigenvalue weighted by Crippen LogP contribution is 2.39. The van der Waals surface area contributed by atoms with Crippen LogP contribution >= 0.6 is 0 Å². The van der Waals surface area contributed by atoms with E-state index in [4.69, 9.17) is 8.37 Å². The van der Waals surface area contributed by atoms with E-state index in [0.29, 0.717) is 0 Å². The van der Waals surface area contributed by atoms with Crippen molar-refractivity contribution < 1.29 is 34.0 Å². The van der Waals surface area contributed by atoms with Gasteiger partial charge in [0.1, 0.15) is 32.9 Å². The zero-order valence-corrected chi connectivity index (χ0v) is 23.5. The van der Waals surface area contributed by atoms with Gasteiger partial charge in [0.15, 0.2) is 0 Å². The maximum atomic E-state index is 13.2. The van der Waals surface area contributed by atoms with Gasteiger partial charge in [-0.25, -0.2) is 8.78 Å². The third-order valence-corrected chi connectivity index (χ3v) is 9.12. The number of halogens is 2. The lowest BCUT2D eigenvalue weighted by Crippen LogP contribution is -2.12. The molecule has 0 aliphatic rings. The monoisotopic (exact) mass is 586 g/mol. The molecule has 6 nitrogen and oxygen atoms in total. The first kappa shape index (κ1) is 29.2. The van der Waals surface area contributed by atoms with Crippen molar-refractivity contribution in [1.29, 1.82) is 0 Å². The summed E-state index contributed by atoms with van der Waals surface area (Å²) in [5.41, 5.74) is 1.97. The molecular formula is C30H28F2O6S2. The lowest BCUT2D eigenvalue weighted by atomic mass is 9.78. The van der Waals surface area contributed by atoms with Crippen LogP contribution in [0.5, 0.6) is 11.5 Å². The molecule has 0 saturated heterocycles. The van der Waals surface area contributed by atoms with E-state index in [1.165, 1.54) is 0 Å². The highest BCUT2D eigenvalue weighted by molar-refractivity contribution is 7.87. The molecule has 0 aliphatic heterocycles. The van der Waals surface area contributed by atoms with Gasteiger partial charge in [0, 0.05) is 0 Å². The maximum absolute atomic E-state index is 13.2. The van der Waals surface area contributed by atoms with E-state index in [1.807, 2.05) is 24.3 Å². The Bertz CT molecular complexity index is 1510. The van der Waals surface area contributed by atoms with Crippen LogP contribution in [0.3, 0.4) is 0 Å². The van der Waals surface area contributed by atoms with Crippen LogP contribution < -0.4 is 8.37 Å². The van der Waals surface area contributed by atoms with Crippen LogP contribution in [0.1, 0.15) is 49.7 Å². The predicted molar refractivity (Wildman–Crippen MR) is 147 cm³/mol. The molecule has 0 heterocycles. The van der Waals surface area contributed by atoms with E-state index in [2.05, 4.69) is 13.8 Å². The molecular weight excluding hydrogens is 558 g/mol. The second kappa shape index (κ2) is 12.2. The molecule has 0 amide bonds. The highest BCUT2D eigenvalue weighted by atomic mass is 32.2. The van der Waals surface area contributed by atoms with E-state index in [-0.39, 0.29) is 33.1 Å². The minimum Gasteiger partial charge on any atom is -0.379 e. The van der Waals surface area contributed by atoms with Crippen molar-refractivity contribution in [2.45, 2.75) is 48.3 Å².